The summed E-state index contributed by atoms with van der Waals surface area (Å²) in [6.07, 6.45) is -1.10. The van der Waals surface area contributed by atoms with Crippen LogP contribution in [0.25, 0.3) is 0 Å². The lowest BCUT2D eigenvalue weighted by molar-refractivity contribution is 0.169. The number of methoxy groups -OCH3 is 1. The Labute approximate surface area is 134 Å². The molecule has 0 unspecified atom stereocenters. The maximum Gasteiger partial charge on any atom is 0.315 e. The molecular weight excluding hydrogens is 299 g/mol. The number of hydrogen-bond acceptors (Lipinski definition) is 3. The number of para-hydroxylation sites is 1. The van der Waals surface area contributed by atoms with Crippen molar-refractivity contribution in [3.63, 3.8) is 0 Å². The van der Waals surface area contributed by atoms with E-state index in [1.54, 1.807) is 25.3 Å². The molecule has 0 aliphatic heterocycles. The molecule has 6 heteroatoms. The van der Waals surface area contributed by atoms with Crippen LogP contribution in [0.1, 0.15) is 17.2 Å². The van der Waals surface area contributed by atoms with E-state index in [0.29, 0.717) is 5.75 Å². The molecule has 23 heavy (non-hydrogen) atoms. The molecule has 5 nitrogen and oxygen atoms in total. The van der Waals surface area contributed by atoms with Gasteiger partial charge in [-0.2, -0.15) is 0 Å². The number of hydrogen-bond donors (Lipinski definition) is 3. The van der Waals surface area contributed by atoms with E-state index < -0.39 is 18.0 Å². The molecule has 0 aliphatic carbocycles. The summed E-state index contributed by atoms with van der Waals surface area (Å²) < 4.78 is 18.7. The predicted octanol–water partition coefficient (Wildman–Crippen LogP) is 2.37. The van der Waals surface area contributed by atoms with Gasteiger partial charge in [-0.3, -0.25) is 0 Å². The first-order valence-electron chi connectivity index (χ1n) is 7.18. The van der Waals surface area contributed by atoms with Crippen molar-refractivity contribution >= 4 is 6.03 Å². The third-order valence-electron chi connectivity index (χ3n) is 3.35. The summed E-state index contributed by atoms with van der Waals surface area (Å²) in [5.74, 6) is 0.176. The third kappa shape index (κ3) is 4.69. The summed E-state index contributed by atoms with van der Waals surface area (Å²) in [7, 11) is 1.56. The van der Waals surface area contributed by atoms with Crippen molar-refractivity contribution in [1.82, 2.24) is 10.6 Å². The summed E-state index contributed by atoms with van der Waals surface area (Å²) >= 11 is 0. The molecule has 0 saturated carbocycles. The summed E-state index contributed by atoms with van der Waals surface area (Å²) in [6.45, 7) is 0.199. The van der Waals surface area contributed by atoms with Gasteiger partial charge in [-0.05, 0) is 12.1 Å². The second kappa shape index (κ2) is 8.14. The Morgan fingerprint density at radius 3 is 2.61 bits per heavy atom. The van der Waals surface area contributed by atoms with E-state index in [9.17, 15) is 14.3 Å². The molecule has 0 fully saturated rings. The molecule has 3 N–H and O–H groups in total. The molecule has 2 aromatic carbocycles. The molecule has 0 saturated heterocycles. The summed E-state index contributed by atoms with van der Waals surface area (Å²) in [5.41, 5.74) is 0.984. The van der Waals surface area contributed by atoms with Crippen molar-refractivity contribution in [1.29, 1.82) is 0 Å². The van der Waals surface area contributed by atoms with Gasteiger partial charge in [0.2, 0.25) is 0 Å². The van der Waals surface area contributed by atoms with Crippen molar-refractivity contribution in [2.24, 2.45) is 0 Å². The van der Waals surface area contributed by atoms with E-state index in [4.69, 9.17) is 4.74 Å². The maximum atomic E-state index is 13.5. The van der Waals surface area contributed by atoms with Crippen LogP contribution in [-0.2, 0) is 6.54 Å². The van der Waals surface area contributed by atoms with Crippen LogP contribution < -0.4 is 15.4 Å². The second-order valence-corrected chi connectivity index (χ2v) is 4.91. The topological polar surface area (TPSA) is 70.6 Å². The van der Waals surface area contributed by atoms with Crippen LogP contribution in [0.4, 0.5) is 9.18 Å². The van der Waals surface area contributed by atoms with Gasteiger partial charge in [-0.15, -0.1) is 0 Å². The number of carbonyl (C=O) groups is 1. The summed E-state index contributed by atoms with van der Waals surface area (Å²) in [5, 5.41) is 15.1. The fraction of sp³-hybridized carbons (Fsp3) is 0.235. The number of halogens is 1. The zero-order valence-corrected chi connectivity index (χ0v) is 12.8. The zero-order chi connectivity index (χ0) is 16.7. The molecular formula is C17H19FN2O3. The molecule has 0 spiro atoms. The molecule has 2 rings (SSSR count). The van der Waals surface area contributed by atoms with Crippen LogP contribution in [0.5, 0.6) is 5.75 Å². The highest BCUT2D eigenvalue weighted by atomic mass is 19.1. The minimum Gasteiger partial charge on any atom is -0.496 e. The molecule has 2 amide bonds. The fourth-order valence-corrected chi connectivity index (χ4v) is 2.13. The lowest BCUT2D eigenvalue weighted by atomic mass is 10.1. The number of benzene rings is 2. The number of aliphatic hydroxyl groups excluding tert-OH is 1. The number of urea groups is 1. The summed E-state index contributed by atoms with van der Waals surface area (Å²) in [6, 6.07) is 12.8. The molecule has 0 bridgehead atoms. The van der Waals surface area contributed by atoms with Crippen LogP contribution in [0.2, 0.25) is 0 Å². The Kier molecular flexibility index (Phi) is 5.94. The molecule has 0 aliphatic rings. The van der Waals surface area contributed by atoms with Gasteiger partial charge in [0.25, 0.3) is 0 Å². The molecule has 0 aromatic heterocycles. The van der Waals surface area contributed by atoms with Crippen molar-refractivity contribution in [2.75, 3.05) is 13.7 Å². The molecule has 122 valence electrons. The van der Waals surface area contributed by atoms with Gasteiger partial charge in [0.05, 0.1) is 13.2 Å². The van der Waals surface area contributed by atoms with Gasteiger partial charge >= 0.3 is 6.03 Å². The van der Waals surface area contributed by atoms with E-state index in [2.05, 4.69) is 10.6 Å². The standard InChI is InChI=1S/C17H19FN2O3/c1-23-16-9-5-2-6-12(16)10-19-17(22)20-11-15(21)13-7-3-4-8-14(13)18/h2-9,15,21H,10-11H2,1H3,(H2,19,20,22)/t15-/m1/s1. The number of aliphatic hydroxyl groups is 1. The highest BCUT2D eigenvalue weighted by Crippen LogP contribution is 2.17. The number of nitrogens with one attached hydrogen (secondary N) is 2. The SMILES string of the molecule is COc1ccccc1CNC(=O)NC[C@@H](O)c1ccccc1F. The lowest BCUT2D eigenvalue weighted by Crippen LogP contribution is -2.37. The minimum absolute atomic E-state index is 0.0846. The Morgan fingerprint density at radius 1 is 1.17 bits per heavy atom. The van der Waals surface area contributed by atoms with Gasteiger partial charge in [0.15, 0.2) is 0 Å². The fourth-order valence-electron chi connectivity index (χ4n) is 2.13. The first-order valence-corrected chi connectivity index (χ1v) is 7.18. The quantitative estimate of drug-likeness (QED) is 0.766. The molecule has 2 aromatic rings. The van der Waals surface area contributed by atoms with Crippen molar-refractivity contribution in [3.05, 3.63) is 65.5 Å². The average Bonchev–Trinajstić information content (AvgIpc) is 2.58. The Balaban J connectivity index is 1.82. The maximum absolute atomic E-state index is 13.5. The normalized spacial score (nSPS) is 11.6. The number of carbonyl (C=O) groups excluding carboxylic acids is 1. The average molecular weight is 318 g/mol. The number of rotatable bonds is 6. The highest BCUT2D eigenvalue weighted by Gasteiger charge is 2.13. The Bertz CT molecular complexity index is 664. The van der Waals surface area contributed by atoms with Gasteiger partial charge in [0.1, 0.15) is 11.6 Å². The zero-order valence-electron chi connectivity index (χ0n) is 12.8. The van der Waals surface area contributed by atoms with Gasteiger partial charge in [-0.1, -0.05) is 36.4 Å². The monoisotopic (exact) mass is 318 g/mol. The van der Waals surface area contributed by atoms with Crippen LogP contribution in [0, 0.1) is 5.82 Å². The number of ether oxygens (including phenoxy) is 1. The Hall–Kier alpha value is -2.60. The first kappa shape index (κ1) is 16.8. The van der Waals surface area contributed by atoms with E-state index >= 15 is 0 Å². The second-order valence-electron chi connectivity index (χ2n) is 4.91. The van der Waals surface area contributed by atoms with Crippen LogP contribution in [0.3, 0.4) is 0 Å². The van der Waals surface area contributed by atoms with Gasteiger partial charge in [0, 0.05) is 24.2 Å². The van der Waals surface area contributed by atoms with Crippen LogP contribution in [-0.4, -0.2) is 24.8 Å². The van der Waals surface area contributed by atoms with Gasteiger partial charge in [-0.25, -0.2) is 9.18 Å². The minimum atomic E-state index is -1.10. The van der Waals surface area contributed by atoms with E-state index in [1.807, 2.05) is 18.2 Å². The smallest absolute Gasteiger partial charge is 0.315 e. The predicted molar refractivity (Wildman–Crippen MR) is 84.6 cm³/mol. The van der Waals surface area contributed by atoms with Crippen LogP contribution >= 0.6 is 0 Å². The van der Waals surface area contributed by atoms with Crippen molar-refractivity contribution in [2.45, 2.75) is 12.6 Å². The summed E-state index contributed by atoms with van der Waals surface area (Å²) in [4.78, 5) is 11.8. The first-order chi connectivity index (χ1) is 11.1. The third-order valence-corrected chi connectivity index (χ3v) is 3.35. The van der Waals surface area contributed by atoms with Crippen molar-refractivity contribution in [3.8, 4) is 5.75 Å². The molecule has 1 atom stereocenters. The Morgan fingerprint density at radius 2 is 1.87 bits per heavy atom. The largest absolute Gasteiger partial charge is 0.496 e. The number of amides is 2. The van der Waals surface area contributed by atoms with Gasteiger partial charge < -0.3 is 20.5 Å². The van der Waals surface area contributed by atoms with Crippen LogP contribution in [0.15, 0.2) is 48.5 Å². The molecule has 0 radical (unpaired) electrons. The van der Waals surface area contributed by atoms with Crippen molar-refractivity contribution < 1.29 is 19.0 Å². The highest BCUT2D eigenvalue weighted by molar-refractivity contribution is 5.73. The lowest BCUT2D eigenvalue weighted by Gasteiger charge is -2.14. The van der Waals surface area contributed by atoms with E-state index in [1.165, 1.54) is 12.1 Å². The van der Waals surface area contributed by atoms with E-state index in [-0.39, 0.29) is 18.7 Å². The molecule has 0 heterocycles. The van der Waals surface area contributed by atoms with E-state index in [0.717, 1.165) is 5.56 Å².